The summed E-state index contributed by atoms with van der Waals surface area (Å²) in [6.07, 6.45) is 12.8. The summed E-state index contributed by atoms with van der Waals surface area (Å²) >= 11 is 0. The lowest BCUT2D eigenvalue weighted by molar-refractivity contribution is 0.132. The van der Waals surface area contributed by atoms with E-state index in [1.807, 2.05) is 0 Å². The SMILES string of the molecule is CCCCCCC(C)CC(CCCCCC)OP(=O)(O)C(C)C. The summed E-state index contributed by atoms with van der Waals surface area (Å²) < 4.78 is 17.9. The zero-order valence-electron chi connectivity index (χ0n) is 16.2. The Labute approximate surface area is 145 Å². The van der Waals surface area contributed by atoms with Gasteiger partial charge in [0.2, 0.25) is 0 Å². The predicted octanol–water partition coefficient (Wildman–Crippen LogP) is 6.93. The zero-order chi connectivity index (χ0) is 17.7. The molecule has 0 aromatic rings. The van der Waals surface area contributed by atoms with Crippen LogP contribution in [0.1, 0.15) is 105 Å². The van der Waals surface area contributed by atoms with Gasteiger partial charge in [-0.3, -0.25) is 4.57 Å². The summed E-state index contributed by atoms with van der Waals surface area (Å²) in [4.78, 5) is 10.1. The Morgan fingerprint density at radius 3 is 1.87 bits per heavy atom. The van der Waals surface area contributed by atoms with Crippen LogP contribution >= 0.6 is 7.60 Å². The van der Waals surface area contributed by atoms with Crippen LogP contribution in [0.5, 0.6) is 0 Å². The van der Waals surface area contributed by atoms with Crippen molar-refractivity contribution in [3.63, 3.8) is 0 Å². The smallest absolute Gasteiger partial charge is 0.324 e. The summed E-state index contributed by atoms with van der Waals surface area (Å²) in [6, 6.07) is 0. The molecule has 0 aliphatic rings. The van der Waals surface area contributed by atoms with Gasteiger partial charge in [-0.15, -0.1) is 0 Å². The Morgan fingerprint density at radius 1 is 0.870 bits per heavy atom. The fourth-order valence-corrected chi connectivity index (χ4v) is 3.70. The molecule has 0 aromatic carbocycles. The average Bonchev–Trinajstić information content (AvgIpc) is 2.47. The minimum Gasteiger partial charge on any atom is -0.324 e. The highest BCUT2D eigenvalue weighted by atomic mass is 31.2. The molecule has 0 aromatic heterocycles. The van der Waals surface area contributed by atoms with Gasteiger partial charge in [0.15, 0.2) is 0 Å². The van der Waals surface area contributed by atoms with Crippen molar-refractivity contribution in [3.05, 3.63) is 0 Å². The predicted molar refractivity (Wildman–Crippen MR) is 101 cm³/mol. The molecule has 0 spiro atoms. The molecule has 140 valence electrons. The summed E-state index contributed by atoms with van der Waals surface area (Å²) in [7, 11) is -3.47. The second-order valence-electron chi connectivity index (χ2n) is 7.42. The van der Waals surface area contributed by atoms with Gasteiger partial charge in [-0.2, -0.15) is 0 Å². The van der Waals surface area contributed by atoms with Gasteiger partial charge in [0, 0.05) is 0 Å². The Hall–Kier alpha value is 0.150. The van der Waals surface area contributed by atoms with Crippen LogP contribution in [0.15, 0.2) is 0 Å². The molecule has 0 heterocycles. The lowest BCUT2D eigenvalue weighted by atomic mass is 9.94. The van der Waals surface area contributed by atoms with Gasteiger partial charge in [0.25, 0.3) is 0 Å². The third kappa shape index (κ3) is 12.2. The van der Waals surface area contributed by atoms with Crippen LogP contribution < -0.4 is 0 Å². The molecule has 0 saturated heterocycles. The topological polar surface area (TPSA) is 46.5 Å². The van der Waals surface area contributed by atoms with Crippen molar-refractivity contribution in [1.29, 1.82) is 0 Å². The van der Waals surface area contributed by atoms with Crippen molar-refractivity contribution < 1.29 is 14.0 Å². The second-order valence-corrected chi connectivity index (χ2v) is 9.80. The highest BCUT2D eigenvalue weighted by Gasteiger charge is 2.29. The highest BCUT2D eigenvalue weighted by molar-refractivity contribution is 7.53. The van der Waals surface area contributed by atoms with Crippen molar-refractivity contribution in [2.45, 2.75) is 117 Å². The second kappa shape index (κ2) is 13.4. The van der Waals surface area contributed by atoms with E-state index >= 15 is 0 Å². The number of hydrogen-bond donors (Lipinski definition) is 1. The van der Waals surface area contributed by atoms with Crippen LogP contribution in [0.2, 0.25) is 0 Å². The zero-order valence-corrected chi connectivity index (χ0v) is 17.1. The van der Waals surface area contributed by atoms with E-state index in [2.05, 4.69) is 20.8 Å². The fourth-order valence-electron chi connectivity index (χ4n) is 2.83. The molecule has 1 N–H and O–H groups in total. The van der Waals surface area contributed by atoms with Crippen LogP contribution in [-0.2, 0) is 9.09 Å². The van der Waals surface area contributed by atoms with Crippen LogP contribution in [0.25, 0.3) is 0 Å². The van der Waals surface area contributed by atoms with E-state index in [9.17, 15) is 9.46 Å². The third-order valence-electron chi connectivity index (χ3n) is 4.55. The van der Waals surface area contributed by atoms with Gasteiger partial charge in [-0.1, -0.05) is 92.4 Å². The molecule has 0 aliphatic heterocycles. The van der Waals surface area contributed by atoms with Gasteiger partial charge in [-0.25, -0.2) is 0 Å². The lowest BCUT2D eigenvalue weighted by Gasteiger charge is -2.26. The Kier molecular flexibility index (Phi) is 13.5. The first-order valence-electron chi connectivity index (χ1n) is 9.84. The van der Waals surface area contributed by atoms with E-state index in [1.165, 1.54) is 51.4 Å². The van der Waals surface area contributed by atoms with E-state index in [4.69, 9.17) is 4.52 Å². The van der Waals surface area contributed by atoms with Crippen molar-refractivity contribution in [3.8, 4) is 0 Å². The van der Waals surface area contributed by atoms with Gasteiger partial charge in [0.1, 0.15) is 0 Å². The third-order valence-corrected chi connectivity index (χ3v) is 6.45. The lowest BCUT2D eigenvalue weighted by Crippen LogP contribution is -2.18. The van der Waals surface area contributed by atoms with Crippen LogP contribution in [0.4, 0.5) is 0 Å². The van der Waals surface area contributed by atoms with Crippen molar-refractivity contribution in [2.24, 2.45) is 5.92 Å². The Morgan fingerprint density at radius 2 is 1.39 bits per heavy atom. The summed E-state index contributed by atoms with van der Waals surface area (Å²) in [5, 5.41) is 0. The van der Waals surface area contributed by atoms with E-state index in [1.54, 1.807) is 13.8 Å². The molecule has 0 bridgehead atoms. The first kappa shape index (κ1) is 23.1. The Balaban J connectivity index is 4.37. The van der Waals surface area contributed by atoms with Gasteiger partial charge < -0.3 is 9.42 Å². The van der Waals surface area contributed by atoms with Crippen LogP contribution in [0, 0.1) is 5.92 Å². The maximum Gasteiger partial charge on any atom is 0.330 e. The summed E-state index contributed by atoms with van der Waals surface area (Å²) in [6.45, 7) is 10.2. The number of rotatable bonds is 15. The average molecular weight is 349 g/mol. The largest absolute Gasteiger partial charge is 0.330 e. The maximum absolute atomic E-state index is 12.2. The molecule has 3 atom stereocenters. The van der Waals surface area contributed by atoms with E-state index < -0.39 is 7.60 Å². The van der Waals surface area contributed by atoms with Gasteiger partial charge in [0.05, 0.1) is 11.8 Å². The number of hydrogen-bond acceptors (Lipinski definition) is 2. The van der Waals surface area contributed by atoms with Gasteiger partial charge >= 0.3 is 7.60 Å². The summed E-state index contributed by atoms with van der Waals surface area (Å²) in [5.74, 6) is 0.565. The van der Waals surface area contributed by atoms with E-state index in [0.29, 0.717) is 5.92 Å². The number of unbranched alkanes of at least 4 members (excludes halogenated alkanes) is 6. The Bertz CT molecular complexity index is 318. The molecule has 0 aliphatic carbocycles. The van der Waals surface area contributed by atoms with Crippen LogP contribution in [-0.4, -0.2) is 16.7 Å². The summed E-state index contributed by atoms with van der Waals surface area (Å²) in [5.41, 5.74) is -0.319. The molecule has 23 heavy (non-hydrogen) atoms. The molecule has 0 rings (SSSR count). The molecular formula is C19H41O3P. The van der Waals surface area contributed by atoms with Gasteiger partial charge in [-0.05, 0) is 18.8 Å². The minimum atomic E-state index is -3.47. The van der Waals surface area contributed by atoms with E-state index in [-0.39, 0.29) is 11.8 Å². The molecule has 3 unspecified atom stereocenters. The fraction of sp³-hybridized carbons (Fsp3) is 1.00. The molecular weight excluding hydrogens is 307 g/mol. The molecule has 0 fully saturated rings. The minimum absolute atomic E-state index is 0.0636. The van der Waals surface area contributed by atoms with Crippen molar-refractivity contribution in [2.75, 3.05) is 0 Å². The van der Waals surface area contributed by atoms with Crippen molar-refractivity contribution in [1.82, 2.24) is 0 Å². The first-order chi connectivity index (χ1) is 10.8. The first-order valence-corrected chi connectivity index (χ1v) is 11.5. The van der Waals surface area contributed by atoms with Crippen LogP contribution in [0.3, 0.4) is 0 Å². The molecule has 0 amide bonds. The molecule has 4 heteroatoms. The molecule has 0 saturated carbocycles. The normalized spacial score (nSPS) is 17.2. The standard InChI is InChI=1S/C19H41O3P/c1-6-8-10-12-14-18(5)16-19(15-13-11-9-7-2)22-23(20,21)17(3)4/h17-19H,6-16H2,1-5H3,(H,20,21). The monoisotopic (exact) mass is 348 g/mol. The quantitative estimate of drug-likeness (QED) is 0.258. The molecule has 3 nitrogen and oxygen atoms in total. The maximum atomic E-state index is 12.2. The molecule has 0 radical (unpaired) electrons. The van der Waals surface area contributed by atoms with Crippen molar-refractivity contribution >= 4 is 7.60 Å². The highest BCUT2D eigenvalue weighted by Crippen LogP contribution is 2.49. The van der Waals surface area contributed by atoms with E-state index in [0.717, 1.165) is 19.3 Å².